The maximum absolute atomic E-state index is 11.9. The monoisotopic (exact) mass is 234 g/mol. The van der Waals surface area contributed by atoms with Gasteiger partial charge in [-0.1, -0.05) is 38.0 Å². The minimum atomic E-state index is -0.444. The van der Waals surface area contributed by atoms with Gasteiger partial charge in [-0.15, -0.1) is 0 Å². The van der Waals surface area contributed by atoms with Gasteiger partial charge in [0.15, 0.2) is 0 Å². The highest BCUT2D eigenvalue weighted by Gasteiger charge is 2.19. The van der Waals surface area contributed by atoms with E-state index in [0.717, 1.165) is 17.7 Å². The number of anilines is 1. The van der Waals surface area contributed by atoms with Gasteiger partial charge in [-0.3, -0.25) is 4.79 Å². The molecule has 0 aliphatic rings. The molecule has 3 N–H and O–H groups in total. The zero-order valence-electron chi connectivity index (χ0n) is 11.1. The SMILES string of the molecule is CC[C@H](C)[C@H](N)C(=O)Nc1ccc(C)cc1C. The summed E-state index contributed by atoms with van der Waals surface area (Å²) in [6, 6.07) is 5.51. The summed E-state index contributed by atoms with van der Waals surface area (Å²) >= 11 is 0. The first-order valence-electron chi connectivity index (χ1n) is 6.09. The Labute approximate surface area is 103 Å². The maximum atomic E-state index is 11.9. The van der Waals surface area contributed by atoms with Crippen molar-refractivity contribution in [1.29, 1.82) is 0 Å². The summed E-state index contributed by atoms with van der Waals surface area (Å²) in [6.07, 6.45) is 0.904. The number of carbonyl (C=O) groups is 1. The molecule has 2 atom stereocenters. The van der Waals surface area contributed by atoms with Crippen LogP contribution >= 0.6 is 0 Å². The van der Waals surface area contributed by atoms with Crippen LogP contribution < -0.4 is 11.1 Å². The molecule has 1 aromatic rings. The lowest BCUT2D eigenvalue weighted by atomic mass is 9.99. The van der Waals surface area contributed by atoms with Gasteiger partial charge in [0.2, 0.25) is 5.91 Å². The Morgan fingerprint density at radius 1 is 1.41 bits per heavy atom. The van der Waals surface area contributed by atoms with Gasteiger partial charge in [-0.2, -0.15) is 0 Å². The quantitative estimate of drug-likeness (QED) is 0.841. The summed E-state index contributed by atoms with van der Waals surface area (Å²) in [6.45, 7) is 8.04. The van der Waals surface area contributed by atoms with E-state index in [-0.39, 0.29) is 11.8 Å². The fraction of sp³-hybridized carbons (Fsp3) is 0.500. The summed E-state index contributed by atoms with van der Waals surface area (Å²) in [4.78, 5) is 11.9. The van der Waals surface area contributed by atoms with E-state index in [4.69, 9.17) is 5.73 Å². The van der Waals surface area contributed by atoms with Gasteiger partial charge in [-0.05, 0) is 31.4 Å². The summed E-state index contributed by atoms with van der Waals surface area (Å²) in [5, 5.41) is 2.89. The molecule has 0 heterocycles. The minimum absolute atomic E-state index is 0.105. The highest BCUT2D eigenvalue weighted by molar-refractivity contribution is 5.95. The number of rotatable bonds is 4. The molecule has 3 heteroatoms. The van der Waals surface area contributed by atoms with Crippen molar-refractivity contribution in [3.63, 3.8) is 0 Å². The first kappa shape index (κ1) is 13.7. The van der Waals surface area contributed by atoms with Crippen LogP contribution in [0.15, 0.2) is 18.2 Å². The number of hydrogen-bond acceptors (Lipinski definition) is 2. The third kappa shape index (κ3) is 3.56. The topological polar surface area (TPSA) is 55.1 Å². The van der Waals surface area contributed by atoms with Crippen LogP contribution in [0, 0.1) is 19.8 Å². The third-order valence-electron chi connectivity index (χ3n) is 3.20. The molecule has 0 fully saturated rings. The Hall–Kier alpha value is -1.35. The highest BCUT2D eigenvalue weighted by Crippen LogP contribution is 2.17. The van der Waals surface area contributed by atoms with E-state index in [1.54, 1.807) is 0 Å². The Bertz CT molecular complexity index is 401. The van der Waals surface area contributed by atoms with E-state index in [0.29, 0.717) is 0 Å². The first-order valence-corrected chi connectivity index (χ1v) is 6.09. The zero-order valence-corrected chi connectivity index (χ0v) is 11.1. The van der Waals surface area contributed by atoms with Crippen LogP contribution in [0.5, 0.6) is 0 Å². The summed E-state index contributed by atoms with van der Waals surface area (Å²) < 4.78 is 0. The Kier molecular flexibility index (Phi) is 4.70. The number of nitrogens with one attached hydrogen (secondary N) is 1. The van der Waals surface area contributed by atoms with Gasteiger partial charge in [0.1, 0.15) is 0 Å². The maximum Gasteiger partial charge on any atom is 0.241 e. The predicted octanol–water partition coefficient (Wildman–Crippen LogP) is 2.62. The Morgan fingerprint density at radius 3 is 2.59 bits per heavy atom. The van der Waals surface area contributed by atoms with Gasteiger partial charge in [0.05, 0.1) is 6.04 Å². The lowest BCUT2D eigenvalue weighted by Crippen LogP contribution is -2.40. The average molecular weight is 234 g/mol. The molecule has 1 amide bonds. The van der Waals surface area contributed by atoms with Crippen molar-refractivity contribution in [3.8, 4) is 0 Å². The van der Waals surface area contributed by atoms with E-state index >= 15 is 0 Å². The lowest BCUT2D eigenvalue weighted by Gasteiger charge is -2.18. The number of nitrogens with two attached hydrogens (primary N) is 1. The van der Waals surface area contributed by atoms with Crippen LogP contribution in [0.25, 0.3) is 0 Å². The summed E-state index contributed by atoms with van der Waals surface area (Å²) in [5.41, 5.74) is 8.98. The fourth-order valence-electron chi connectivity index (χ4n) is 1.68. The molecular formula is C14H22N2O. The molecule has 3 nitrogen and oxygen atoms in total. The van der Waals surface area contributed by atoms with Crippen LogP contribution in [0.2, 0.25) is 0 Å². The van der Waals surface area contributed by atoms with Crippen LogP contribution in [0.3, 0.4) is 0 Å². The molecule has 1 rings (SSSR count). The van der Waals surface area contributed by atoms with E-state index in [1.807, 2.05) is 45.9 Å². The van der Waals surface area contributed by atoms with Crippen LogP contribution in [0.4, 0.5) is 5.69 Å². The third-order valence-corrected chi connectivity index (χ3v) is 3.20. The standard InChI is InChI=1S/C14H22N2O/c1-5-10(3)13(15)14(17)16-12-7-6-9(2)8-11(12)4/h6-8,10,13H,5,15H2,1-4H3,(H,16,17)/t10-,13-/m0/s1. The average Bonchev–Trinajstić information content (AvgIpc) is 2.30. The largest absolute Gasteiger partial charge is 0.324 e. The Morgan fingerprint density at radius 2 is 2.06 bits per heavy atom. The molecule has 0 aliphatic carbocycles. The van der Waals surface area contributed by atoms with Crippen LogP contribution in [-0.4, -0.2) is 11.9 Å². The number of carbonyl (C=O) groups excluding carboxylic acids is 1. The van der Waals surface area contributed by atoms with Crippen molar-refractivity contribution in [3.05, 3.63) is 29.3 Å². The van der Waals surface area contributed by atoms with Crippen molar-refractivity contribution < 1.29 is 4.79 Å². The first-order chi connectivity index (χ1) is 7.95. The Balaban J connectivity index is 2.74. The molecule has 17 heavy (non-hydrogen) atoms. The van der Waals surface area contributed by atoms with Crippen molar-refractivity contribution >= 4 is 11.6 Å². The number of aryl methyl sites for hydroxylation is 2. The molecule has 0 bridgehead atoms. The molecule has 1 aromatic carbocycles. The zero-order chi connectivity index (χ0) is 13.0. The molecule has 0 saturated heterocycles. The summed E-state index contributed by atoms with van der Waals surface area (Å²) in [5.74, 6) is 0.0899. The van der Waals surface area contributed by atoms with Gasteiger partial charge in [0.25, 0.3) is 0 Å². The van der Waals surface area contributed by atoms with Crippen molar-refractivity contribution in [2.75, 3.05) is 5.32 Å². The number of benzene rings is 1. The van der Waals surface area contributed by atoms with E-state index in [9.17, 15) is 4.79 Å². The van der Waals surface area contributed by atoms with Crippen LogP contribution in [-0.2, 0) is 4.79 Å². The predicted molar refractivity (Wildman–Crippen MR) is 72.0 cm³/mol. The minimum Gasteiger partial charge on any atom is -0.324 e. The molecule has 0 aromatic heterocycles. The van der Waals surface area contributed by atoms with E-state index < -0.39 is 6.04 Å². The van der Waals surface area contributed by atoms with Gasteiger partial charge < -0.3 is 11.1 Å². The molecule has 0 radical (unpaired) electrons. The molecule has 0 aliphatic heterocycles. The number of amides is 1. The fourth-order valence-corrected chi connectivity index (χ4v) is 1.68. The van der Waals surface area contributed by atoms with Gasteiger partial charge >= 0.3 is 0 Å². The van der Waals surface area contributed by atoms with Crippen molar-refractivity contribution in [2.45, 2.75) is 40.2 Å². The molecule has 94 valence electrons. The molecule has 0 unspecified atom stereocenters. The molecule has 0 spiro atoms. The van der Waals surface area contributed by atoms with Gasteiger partial charge in [0, 0.05) is 5.69 Å². The normalized spacial score (nSPS) is 14.2. The van der Waals surface area contributed by atoms with Crippen molar-refractivity contribution in [2.24, 2.45) is 11.7 Å². The van der Waals surface area contributed by atoms with Gasteiger partial charge in [-0.25, -0.2) is 0 Å². The second kappa shape index (κ2) is 5.82. The number of hydrogen-bond donors (Lipinski definition) is 2. The highest BCUT2D eigenvalue weighted by atomic mass is 16.2. The second-order valence-electron chi connectivity index (χ2n) is 4.72. The van der Waals surface area contributed by atoms with E-state index in [2.05, 4.69) is 5.32 Å². The van der Waals surface area contributed by atoms with Crippen molar-refractivity contribution in [1.82, 2.24) is 0 Å². The molecule has 0 saturated carbocycles. The van der Waals surface area contributed by atoms with E-state index in [1.165, 1.54) is 5.56 Å². The lowest BCUT2D eigenvalue weighted by molar-refractivity contribution is -0.118. The van der Waals surface area contributed by atoms with Crippen LogP contribution in [0.1, 0.15) is 31.4 Å². The summed E-state index contributed by atoms with van der Waals surface area (Å²) in [7, 11) is 0. The smallest absolute Gasteiger partial charge is 0.241 e. The molecular weight excluding hydrogens is 212 g/mol. The second-order valence-corrected chi connectivity index (χ2v) is 4.72.